The second-order valence-electron chi connectivity index (χ2n) is 7.39. The number of carboxylic acid groups (broad SMARTS) is 2. The van der Waals surface area contributed by atoms with Crippen molar-refractivity contribution >= 4 is 11.9 Å². The van der Waals surface area contributed by atoms with E-state index < -0.39 is 85.8 Å². The third-order valence-corrected chi connectivity index (χ3v) is 5.14. The van der Waals surface area contributed by atoms with Crippen LogP contribution in [0.5, 0.6) is 0 Å². The van der Waals surface area contributed by atoms with Gasteiger partial charge < -0.3 is 61.3 Å². The lowest BCUT2D eigenvalue weighted by Gasteiger charge is -2.34. The summed E-state index contributed by atoms with van der Waals surface area (Å²) < 4.78 is 0. The van der Waals surface area contributed by atoms with E-state index in [1.807, 2.05) is 0 Å². The van der Waals surface area contributed by atoms with Gasteiger partial charge in [0.2, 0.25) is 0 Å². The molecule has 0 aliphatic carbocycles. The Labute approximate surface area is 176 Å². The molecular formula is C17H32O14. The highest BCUT2D eigenvalue weighted by Gasteiger charge is 2.49. The molecule has 0 saturated carbocycles. The highest BCUT2D eigenvalue weighted by Crippen LogP contribution is 2.27. The first-order valence-electron chi connectivity index (χ1n) is 9.42. The van der Waals surface area contributed by atoms with Crippen molar-refractivity contribution in [2.75, 3.05) is 13.2 Å². The third-order valence-electron chi connectivity index (χ3n) is 5.14. The van der Waals surface area contributed by atoms with Crippen molar-refractivity contribution in [3.8, 4) is 0 Å². The van der Waals surface area contributed by atoms with Crippen LogP contribution in [0.1, 0.15) is 32.1 Å². The van der Waals surface area contributed by atoms with Crippen LogP contribution in [-0.2, 0) is 9.59 Å². The molecule has 0 radical (unpaired) electrons. The van der Waals surface area contributed by atoms with Crippen LogP contribution in [0, 0.1) is 0 Å². The number of aliphatic hydroxyl groups excluding tert-OH is 8. The standard InChI is InChI=1S/C17H32O14/c18-6-8(20)10(22)12(24)16(30,14(26)27)4-2-1-3-5-17(31,15(28)29)13(25)11(23)9(21)7-19/h8-13,18-25,30-31H,1-7H2,(H,26,27)(H,28,29)/t8-,9-,10-,11-,12+,13+,16-,17-/m1/s1. The van der Waals surface area contributed by atoms with E-state index in [-0.39, 0.29) is 19.3 Å². The molecule has 0 aromatic rings. The number of rotatable bonds is 16. The zero-order valence-corrected chi connectivity index (χ0v) is 16.6. The topological polar surface area (TPSA) is 277 Å². The van der Waals surface area contributed by atoms with Gasteiger partial charge in [-0.2, -0.15) is 0 Å². The van der Waals surface area contributed by atoms with Crippen LogP contribution in [0.2, 0.25) is 0 Å². The van der Waals surface area contributed by atoms with Crippen LogP contribution in [-0.4, -0.2) is 134 Å². The zero-order chi connectivity index (χ0) is 24.6. The van der Waals surface area contributed by atoms with Gasteiger partial charge in [0.15, 0.2) is 11.2 Å². The normalized spacial score (nSPS) is 21.7. The van der Waals surface area contributed by atoms with E-state index >= 15 is 0 Å². The Morgan fingerprint density at radius 2 is 0.903 bits per heavy atom. The molecule has 0 fully saturated rings. The molecule has 0 spiro atoms. The van der Waals surface area contributed by atoms with E-state index in [1.54, 1.807) is 0 Å². The van der Waals surface area contributed by atoms with Gasteiger partial charge in [-0.05, 0) is 25.7 Å². The van der Waals surface area contributed by atoms with Gasteiger partial charge in [0.1, 0.15) is 36.6 Å². The lowest BCUT2D eigenvalue weighted by molar-refractivity contribution is -0.193. The number of hydrogen-bond acceptors (Lipinski definition) is 12. The lowest BCUT2D eigenvalue weighted by atomic mass is 9.83. The molecule has 0 heterocycles. The minimum absolute atomic E-state index is 0.0537. The molecule has 12 N–H and O–H groups in total. The van der Waals surface area contributed by atoms with E-state index in [1.165, 1.54) is 0 Å². The Morgan fingerprint density at radius 1 is 0.613 bits per heavy atom. The molecule has 184 valence electrons. The fourth-order valence-corrected chi connectivity index (χ4v) is 2.93. The van der Waals surface area contributed by atoms with Gasteiger partial charge >= 0.3 is 11.9 Å². The number of unbranched alkanes of at least 4 members (excludes halogenated alkanes) is 2. The molecule has 8 atom stereocenters. The fraction of sp³-hybridized carbons (Fsp3) is 0.882. The maximum atomic E-state index is 11.4. The van der Waals surface area contributed by atoms with Gasteiger partial charge in [-0.25, -0.2) is 9.59 Å². The number of hydrogen-bond donors (Lipinski definition) is 12. The average Bonchev–Trinajstić information content (AvgIpc) is 2.74. The SMILES string of the molecule is O=C(O)[C@@](O)(CCCCC[C@](O)(C(=O)O)[C@@H](O)[C@H](O)[C@H](O)CO)[C@@H](O)[C@H](O)[C@H](O)CO. The Balaban J connectivity index is 5.03. The van der Waals surface area contributed by atoms with E-state index in [0.717, 1.165) is 0 Å². The van der Waals surface area contributed by atoms with Gasteiger partial charge in [0, 0.05) is 0 Å². The molecule has 0 aliphatic rings. The van der Waals surface area contributed by atoms with E-state index in [9.17, 15) is 60.7 Å². The quantitative estimate of drug-likeness (QED) is 0.0959. The van der Waals surface area contributed by atoms with Gasteiger partial charge in [0.25, 0.3) is 0 Å². The largest absolute Gasteiger partial charge is 0.479 e. The van der Waals surface area contributed by atoms with Gasteiger partial charge in [-0.3, -0.25) is 0 Å². The van der Waals surface area contributed by atoms with Crippen molar-refractivity contribution in [3.05, 3.63) is 0 Å². The van der Waals surface area contributed by atoms with Crippen molar-refractivity contribution in [3.63, 3.8) is 0 Å². The van der Waals surface area contributed by atoms with Crippen molar-refractivity contribution in [2.45, 2.75) is 79.9 Å². The van der Waals surface area contributed by atoms with Crippen LogP contribution < -0.4 is 0 Å². The third kappa shape index (κ3) is 7.28. The predicted molar refractivity (Wildman–Crippen MR) is 98.5 cm³/mol. The second-order valence-corrected chi connectivity index (χ2v) is 7.39. The zero-order valence-electron chi connectivity index (χ0n) is 16.6. The summed E-state index contributed by atoms with van der Waals surface area (Å²) in [6.45, 7) is -2.03. The number of carbonyl (C=O) groups is 2. The van der Waals surface area contributed by atoms with Gasteiger partial charge in [0.05, 0.1) is 13.2 Å². The van der Waals surface area contributed by atoms with Crippen molar-refractivity contribution in [2.24, 2.45) is 0 Å². The molecule has 0 aliphatic heterocycles. The fourth-order valence-electron chi connectivity index (χ4n) is 2.93. The van der Waals surface area contributed by atoms with E-state index in [0.29, 0.717) is 0 Å². The maximum Gasteiger partial charge on any atom is 0.338 e. The molecule has 0 unspecified atom stereocenters. The highest BCUT2D eigenvalue weighted by molar-refractivity contribution is 5.78. The van der Waals surface area contributed by atoms with Crippen LogP contribution >= 0.6 is 0 Å². The van der Waals surface area contributed by atoms with Gasteiger partial charge in [-0.1, -0.05) is 6.42 Å². The van der Waals surface area contributed by atoms with Crippen LogP contribution in [0.15, 0.2) is 0 Å². The van der Waals surface area contributed by atoms with E-state index in [2.05, 4.69) is 0 Å². The van der Waals surface area contributed by atoms with Crippen LogP contribution in [0.25, 0.3) is 0 Å². The molecule has 14 heteroatoms. The summed E-state index contributed by atoms with van der Waals surface area (Å²) in [5.41, 5.74) is -5.83. The number of aliphatic hydroxyl groups is 10. The summed E-state index contributed by atoms with van der Waals surface area (Å²) in [6.07, 6.45) is -14.7. The molecule has 0 aromatic carbocycles. The smallest absolute Gasteiger partial charge is 0.338 e. The number of carboxylic acids is 2. The minimum Gasteiger partial charge on any atom is -0.479 e. The van der Waals surface area contributed by atoms with E-state index in [4.69, 9.17) is 10.2 Å². The van der Waals surface area contributed by atoms with Crippen molar-refractivity contribution < 1.29 is 70.9 Å². The molecule has 0 saturated heterocycles. The molecule has 31 heavy (non-hydrogen) atoms. The summed E-state index contributed by atoms with van der Waals surface area (Å²) in [4.78, 5) is 22.7. The molecule has 14 nitrogen and oxygen atoms in total. The first-order valence-corrected chi connectivity index (χ1v) is 9.42. The highest BCUT2D eigenvalue weighted by atomic mass is 16.4. The monoisotopic (exact) mass is 460 g/mol. The summed E-state index contributed by atoms with van der Waals surface area (Å²) in [5.74, 6) is -3.86. The van der Waals surface area contributed by atoms with Crippen LogP contribution in [0.3, 0.4) is 0 Å². The second kappa shape index (κ2) is 12.5. The van der Waals surface area contributed by atoms with Crippen LogP contribution in [0.4, 0.5) is 0 Å². The molecular weight excluding hydrogens is 428 g/mol. The minimum atomic E-state index is -2.92. The first-order chi connectivity index (χ1) is 14.2. The molecule has 0 bridgehead atoms. The van der Waals surface area contributed by atoms with Gasteiger partial charge in [-0.15, -0.1) is 0 Å². The summed E-state index contributed by atoms with van der Waals surface area (Å²) >= 11 is 0. The Hall–Kier alpha value is -1.46. The first kappa shape index (κ1) is 29.5. The Kier molecular flexibility index (Phi) is 12.0. The summed E-state index contributed by atoms with van der Waals surface area (Å²) in [7, 11) is 0. The average molecular weight is 460 g/mol. The lowest BCUT2D eigenvalue weighted by Crippen LogP contribution is -2.58. The number of aliphatic carboxylic acids is 2. The molecule has 0 aromatic heterocycles. The maximum absolute atomic E-state index is 11.4. The Bertz CT molecular complexity index is 525. The summed E-state index contributed by atoms with van der Waals surface area (Å²) in [5, 5.41) is 114. The summed E-state index contributed by atoms with van der Waals surface area (Å²) in [6, 6.07) is 0. The Morgan fingerprint density at radius 3 is 1.13 bits per heavy atom. The predicted octanol–water partition coefficient (Wildman–Crippen LogP) is -5.28. The van der Waals surface area contributed by atoms with Crippen molar-refractivity contribution in [1.82, 2.24) is 0 Å². The van der Waals surface area contributed by atoms with Crippen molar-refractivity contribution in [1.29, 1.82) is 0 Å². The molecule has 0 rings (SSSR count). The molecule has 0 amide bonds.